The Morgan fingerprint density at radius 1 is 1.37 bits per heavy atom. The molecule has 1 aromatic carbocycles. The van der Waals surface area contributed by atoms with Crippen molar-refractivity contribution in [3.63, 3.8) is 0 Å². The Hall–Kier alpha value is -1.22. The highest BCUT2D eigenvalue weighted by Gasteiger charge is 2.30. The van der Waals surface area contributed by atoms with Gasteiger partial charge in [-0.2, -0.15) is 0 Å². The van der Waals surface area contributed by atoms with Crippen LogP contribution >= 0.6 is 0 Å². The highest BCUT2D eigenvalue weighted by atomic mass is 16.5. The van der Waals surface area contributed by atoms with Crippen LogP contribution in [0.1, 0.15) is 45.6 Å². The van der Waals surface area contributed by atoms with E-state index < -0.39 is 0 Å². The first kappa shape index (κ1) is 14.2. The van der Waals surface area contributed by atoms with E-state index in [2.05, 4.69) is 56.5 Å². The summed E-state index contributed by atoms with van der Waals surface area (Å²) in [7, 11) is 1.73. The van der Waals surface area contributed by atoms with Crippen LogP contribution in [-0.4, -0.2) is 25.2 Å². The van der Waals surface area contributed by atoms with E-state index in [9.17, 15) is 0 Å². The maximum atomic E-state index is 5.42. The molecule has 19 heavy (non-hydrogen) atoms. The lowest BCUT2D eigenvalue weighted by molar-refractivity contribution is 0.407. The zero-order chi connectivity index (χ0) is 14.0. The molecule has 1 heterocycles. The predicted molar refractivity (Wildman–Crippen MR) is 81.2 cm³/mol. The molecule has 1 fully saturated rings. The molecule has 1 aromatic rings. The smallest absolute Gasteiger partial charge is 0.122 e. The zero-order valence-corrected chi connectivity index (χ0v) is 12.7. The van der Waals surface area contributed by atoms with Gasteiger partial charge >= 0.3 is 0 Å². The molecule has 106 valence electrons. The number of ether oxygens (including phenoxy) is 1. The van der Waals surface area contributed by atoms with E-state index in [4.69, 9.17) is 4.74 Å². The first-order chi connectivity index (χ1) is 8.91. The van der Waals surface area contributed by atoms with Crippen molar-refractivity contribution in [3.05, 3.63) is 23.8 Å². The molecule has 2 rings (SSSR count). The molecule has 3 nitrogen and oxygen atoms in total. The molecule has 1 atom stereocenters. The first-order valence-electron chi connectivity index (χ1n) is 7.11. The van der Waals surface area contributed by atoms with Gasteiger partial charge in [0, 0.05) is 23.8 Å². The maximum Gasteiger partial charge on any atom is 0.122 e. The Morgan fingerprint density at radius 2 is 2.11 bits per heavy atom. The predicted octanol–water partition coefficient (Wildman–Crippen LogP) is 3.37. The molecular weight excluding hydrogens is 236 g/mol. The summed E-state index contributed by atoms with van der Waals surface area (Å²) in [5.74, 6) is 1.44. The Bertz CT molecular complexity index is 440. The Kier molecular flexibility index (Phi) is 4.04. The van der Waals surface area contributed by atoms with Crippen LogP contribution in [0.2, 0.25) is 0 Å². The summed E-state index contributed by atoms with van der Waals surface area (Å²) >= 11 is 0. The van der Waals surface area contributed by atoms with Gasteiger partial charge in [-0.15, -0.1) is 0 Å². The molecule has 0 bridgehead atoms. The van der Waals surface area contributed by atoms with Gasteiger partial charge in [0.1, 0.15) is 5.75 Å². The van der Waals surface area contributed by atoms with Gasteiger partial charge in [-0.05, 0) is 49.9 Å². The molecule has 0 amide bonds. The number of rotatable bonds is 4. The normalized spacial score (nSPS) is 21.7. The zero-order valence-electron chi connectivity index (χ0n) is 12.7. The highest BCUT2D eigenvalue weighted by Crippen LogP contribution is 2.30. The lowest BCUT2D eigenvalue weighted by Gasteiger charge is -2.19. The van der Waals surface area contributed by atoms with Gasteiger partial charge in [0.2, 0.25) is 0 Å². The van der Waals surface area contributed by atoms with Crippen LogP contribution in [0.15, 0.2) is 18.2 Å². The standard InChI is InChI=1S/C16H26N2O/c1-11(2)14-8-12(6-7-15(14)19-5)18-13-9-16(3,4)17-10-13/h6-8,11,13,17-18H,9-10H2,1-5H3. The van der Waals surface area contributed by atoms with Crippen LogP contribution < -0.4 is 15.4 Å². The minimum Gasteiger partial charge on any atom is -0.496 e. The van der Waals surface area contributed by atoms with E-state index in [0.717, 1.165) is 18.7 Å². The number of benzene rings is 1. The number of anilines is 1. The van der Waals surface area contributed by atoms with Crippen molar-refractivity contribution < 1.29 is 4.74 Å². The molecule has 0 aromatic heterocycles. The summed E-state index contributed by atoms with van der Waals surface area (Å²) in [5, 5.41) is 7.16. The maximum absolute atomic E-state index is 5.42. The van der Waals surface area contributed by atoms with Gasteiger partial charge in [0.15, 0.2) is 0 Å². The molecule has 3 heteroatoms. The molecule has 0 radical (unpaired) electrons. The Labute approximate surface area is 116 Å². The van der Waals surface area contributed by atoms with Crippen LogP contribution in [0, 0.1) is 0 Å². The fourth-order valence-corrected chi connectivity index (χ4v) is 2.77. The summed E-state index contributed by atoms with van der Waals surface area (Å²) in [6.45, 7) is 9.92. The lowest BCUT2D eigenvalue weighted by atomic mass is 9.99. The van der Waals surface area contributed by atoms with Gasteiger partial charge in [0.05, 0.1) is 7.11 Å². The minimum atomic E-state index is 0.241. The van der Waals surface area contributed by atoms with E-state index >= 15 is 0 Å². The third kappa shape index (κ3) is 3.41. The van der Waals surface area contributed by atoms with E-state index in [1.807, 2.05) is 0 Å². The summed E-state index contributed by atoms with van der Waals surface area (Å²) in [6.07, 6.45) is 1.15. The number of hydrogen-bond donors (Lipinski definition) is 2. The summed E-state index contributed by atoms with van der Waals surface area (Å²) in [5.41, 5.74) is 2.69. The summed E-state index contributed by atoms with van der Waals surface area (Å²) in [4.78, 5) is 0. The Balaban J connectivity index is 2.11. The molecule has 1 aliphatic heterocycles. The molecule has 2 N–H and O–H groups in total. The lowest BCUT2D eigenvalue weighted by Crippen LogP contribution is -2.31. The van der Waals surface area contributed by atoms with Gasteiger partial charge in [0.25, 0.3) is 0 Å². The molecule has 0 aliphatic carbocycles. The topological polar surface area (TPSA) is 33.3 Å². The van der Waals surface area contributed by atoms with E-state index in [1.165, 1.54) is 11.3 Å². The average molecular weight is 262 g/mol. The largest absolute Gasteiger partial charge is 0.496 e. The van der Waals surface area contributed by atoms with Crippen molar-refractivity contribution >= 4 is 5.69 Å². The third-order valence-electron chi connectivity index (χ3n) is 3.81. The fourth-order valence-electron chi connectivity index (χ4n) is 2.77. The van der Waals surface area contributed by atoms with E-state index in [0.29, 0.717) is 12.0 Å². The average Bonchev–Trinajstić information content (AvgIpc) is 2.68. The van der Waals surface area contributed by atoms with Crippen molar-refractivity contribution in [2.24, 2.45) is 0 Å². The van der Waals surface area contributed by atoms with Gasteiger partial charge in [-0.3, -0.25) is 0 Å². The summed E-state index contributed by atoms with van der Waals surface area (Å²) in [6, 6.07) is 6.89. The number of hydrogen-bond acceptors (Lipinski definition) is 3. The third-order valence-corrected chi connectivity index (χ3v) is 3.81. The molecular formula is C16H26N2O. The Morgan fingerprint density at radius 3 is 2.63 bits per heavy atom. The van der Waals surface area contributed by atoms with Gasteiger partial charge in [-0.25, -0.2) is 0 Å². The SMILES string of the molecule is COc1ccc(NC2CNC(C)(C)C2)cc1C(C)C. The molecule has 1 aliphatic rings. The molecule has 1 unspecified atom stereocenters. The van der Waals surface area contributed by atoms with Crippen LogP contribution in [0.3, 0.4) is 0 Å². The fraction of sp³-hybridized carbons (Fsp3) is 0.625. The highest BCUT2D eigenvalue weighted by molar-refractivity contribution is 5.53. The van der Waals surface area contributed by atoms with E-state index in [1.54, 1.807) is 7.11 Å². The number of nitrogens with one attached hydrogen (secondary N) is 2. The van der Waals surface area contributed by atoms with Crippen LogP contribution in [0.25, 0.3) is 0 Å². The molecule has 0 spiro atoms. The van der Waals surface area contributed by atoms with Gasteiger partial charge < -0.3 is 15.4 Å². The number of methoxy groups -OCH3 is 1. The van der Waals surface area contributed by atoms with Crippen molar-refractivity contribution in [3.8, 4) is 5.75 Å². The van der Waals surface area contributed by atoms with Crippen molar-refractivity contribution in [2.75, 3.05) is 19.0 Å². The van der Waals surface area contributed by atoms with Crippen LogP contribution in [-0.2, 0) is 0 Å². The monoisotopic (exact) mass is 262 g/mol. The molecule has 0 saturated carbocycles. The van der Waals surface area contributed by atoms with Crippen molar-refractivity contribution in [2.45, 2.75) is 51.6 Å². The van der Waals surface area contributed by atoms with Crippen LogP contribution in [0.5, 0.6) is 5.75 Å². The van der Waals surface area contributed by atoms with E-state index in [-0.39, 0.29) is 5.54 Å². The van der Waals surface area contributed by atoms with Crippen molar-refractivity contribution in [1.82, 2.24) is 5.32 Å². The van der Waals surface area contributed by atoms with Crippen LogP contribution in [0.4, 0.5) is 5.69 Å². The summed E-state index contributed by atoms with van der Waals surface area (Å²) < 4.78 is 5.42. The quantitative estimate of drug-likeness (QED) is 0.873. The molecule has 1 saturated heterocycles. The second kappa shape index (κ2) is 5.41. The first-order valence-corrected chi connectivity index (χ1v) is 7.11. The van der Waals surface area contributed by atoms with Gasteiger partial charge in [-0.1, -0.05) is 13.8 Å². The minimum absolute atomic E-state index is 0.241. The second-order valence-corrected chi connectivity index (χ2v) is 6.42. The van der Waals surface area contributed by atoms with Crippen molar-refractivity contribution in [1.29, 1.82) is 0 Å². The second-order valence-electron chi connectivity index (χ2n) is 6.42.